The quantitative estimate of drug-likeness (QED) is 0.660. The summed E-state index contributed by atoms with van der Waals surface area (Å²) in [5, 5.41) is 10.3. The van der Waals surface area contributed by atoms with Gasteiger partial charge in [0.05, 0.1) is 22.8 Å². The van der Waals surface area contributed by atoms with Crippen LogP contribution in [0.2, 0.25) is 0 Å². The van der Waals surface area contributed by atoms with Gasteiger partial charge in [0.25, 0.3) is 0 Å². The van der Waals surface area contributed by atoms with Gasteiger partial charge in [-0.2, -0.15) is 5.10 Å². The molecule has 0 amide bonds. The van der Waals surface area contributed by atoms with Crippen molar-refractivity contribution in [3.63, 3.8) is 0 Å². The van der Waals surface area contributed by atoms with E-state index in [1.807, 2.05) is 25.1 Å². The number of nitrogens with zero attached hydrogens (tertiary/aromatic N) is 2. The Balaban J connectivity index is 1.86. The third-order valence-corrected chi connectivity index (χ3v) is 2.97. The van der Waals surface area contributed by atoms with E-state index in [1.54, 1.807) is 6.20 Å². The summed E-state index contributed by atoms with van der Waals surface area (Å²) in [4.78, 5) is 7.62. The second kappa shape index (κ2) is 4.18. The van der Waals surface area contributed by atoms with Crippen LogP contribution in [0, 0.1) is 6.92 Å². The molecule has 1 atom stereocenters. The van der Waals surface area contributed by atoms with Gasteiger partial charge in [-0.25, -0.2) is 4.98 Å². The smallest absolute Gasteiger partial charge is 0.104 e. The Morgan fingerprint density at radius 3 is 2.94 bits per heavy atom. The number of aromatic nitrogens is 4. The van der Waals surface area contributed by atoms with Crippen LogP contribution in [0.4, 0.5) is 5.69 Å². The molecule has 92 valence electrons. The van der Waals surface area contributed by atoms with Crippen molar-refractivity contribution in [3.8, 4) is 0 Å². The van der Waals surface area contributed by atoms with Crippen molar-refractivity contribution in [2.75, 3.05) is 5.32 Å². The summed E-state index contributed by atoms with van der Waals surface area (Å²) in [6.07, 6.45) is 1.76. The van der Waals surface area contributed by atoms with Crippen LogP contribution in [0.15, 0.2) is 30.5 Å². The van der Waals surface area contributed by atoms with Gasteiger partial charge in [0.15, 0.2) is 0 Å². The van der Waals surface area contributed by atoms with Crippen LogP contribution in [0.3, 0.4) is 0 Å². The van der Waals surface area contributed by atoms with Crippen molar-refractivity contribution in [2.45, 2.75) is 19.9 Å². The minimum Gasteiger partial charge on any atom is -0.377 e. The Kier molecular flexibility index (Phi) is 2.51. The summed E-state index contributed by atoms with van der Waals surface area (Å²) in [6, 6.07) is 8.28. The first-order chi connectivity index (χ1) is 8.72. The molecule has 18 heavy (non-hydrogen) atoms. The number of rotatable bonds is 3. The molecular weight excluding hydrogens is 226 g/mol. The number of H-pyrrole nitrogens is 2. The van der Waals surface area contributed by atoms with E-state index in [-0.39, 0.29) is 6.04 Å². The standard InChI is InChI=1S/C13H15N5/c1-8(11-5-6-14-18-11)15-10-3-4-12-13(7-10)17-9(2)16-12/h3-8,15H,1-2H3,(H,14,18)(H,16,17). The fourth-order valence-electron chi connectivity index (χ4n) is 2.06. The maximum Gasteiger partial charge on any atom is 0.104 e. The zero-order valence-electron chi connectivity index (χ0n) is 10.4. The molecule has 5 heteroatoms. The lowest BCUT2D eigenvalue weighted by Crippen LogP contribution is -2.06. The highest BCUT2D eigenvalue weighted by Gasteiger charge is 2.07. The number of nitrogens with one attached hydrogen (secondary N) is 3. The van der Waals surface area contributed by atoms with E-state index in [4.69, 9.17) is 0 Å². The van der Waals surface area contributed by atoms with Crippen molar-refractivity contribution in [3.05, 3.63) is 42.0 Å². The second-order valence-electron chi connectivity index (χ2n) is 4.43. The van der Waals surface area contributed by atoms with E-state index in [0.29, 0.717) is 0 Å². The zero-order valence-corrected chi connectivity index (χ0v) is 10.4. The Morgan fingerprint density at radius 2 is 2.17 bits per heavy atom. The number of benzene rings is 1. The Hall–Kier alpha value is -2.30. The molecule has 0 aliphatic carbocycles. The van der Waals surface area contributed by atoms with E-state index in [0.717, 1.165) is 28.2 Å². The van der Waals surface area contributed by atoms with Gasteiger partial charge in [0.2, 0.25) is 0 Å². The van der Waals surface area contributed by atoms with Crippen molar-refractivity contribution < 1.29 is 0 Å². The molecule has 0 saturated carbocycles. The fourth-order valence-corrected chi connectivity index (χ4v) is 2.06. The van der Waals surface area contributed by atoms with Crippen molar-refractivity contribution in [1.29, 1.82) is 0 Å². The first kappa shape index (κ1) is 10.8. The Labute approximate surface area is 105 Å². The molecular formula is C13H15N5. The summed E-state index contributed by atoms with van der Waals surface area (Å²) < 4.78 is 0. The molecule has 0 saturated heterocycles. The maximum atomic E-state index is 4.38. The number of aromatic amines is 2. The molecule has 3 aromatic rings. The van der Waals surface area contributed by atoms with Crippen LogP contribution in [0.25, 0.3) is 11.0 Å². The largest absolute Gasteiger partial charge is 0.377 e. The van der Waals surface area contributed by atoms with Crippen molar-refractivity contribution >= 4 is 16.7 Å². The topological polar surface area (TPSA) is 69.4 Å². The van der Waals surface area contributed by atoms with E-state index < -0.39 is 0 Å². The average molecular weight is 241 g/mol. The third-order valence-electron chi connectivity index (χ3n) is 2.97. The SMILES string of the molecule is Cc1nc2ccc(NC(C)c3ccn[nH]3)cc2[nH]1. The molecule has 2 aromatic heterocycles. The normalized spacial score (nSPS) is 12.8. The molecule has 0 aliphatic rings. The zero-order chi connectivity index (χ0) is 12.5. The van der Waals surface area contributed by atoms with E-state index >= 15 is 0 Å². The van der Waals surface area contributed by atoms with Crippen LogP contribution in [0.5, 0.6) is 0 Å². The monoisotopic (exact) mass is 241 g/mol. The van der Waals surface area contributed by atoms with Gasteiger partial charge in [0.1, 0.15) is 5.82 Å². The number of fused-ring (bicyclic) bond motifs is 1. The highest BCUT2D eigenvalue weighted by molar-refractivity contribution is 5.79. The number of hydrogen-bond donors (Lipinski definition) is 3. The van der Waals surface area contributed by atoms with Crippen LogP contribution in [-0.4, -0.2) is 20.2 Å². The molecule has 5 nitrogen and oxygen atoms in total. The van der Waals surface area contributed by atoms with E-state index in [2.05, 4.69) is 38.5 Å². The molecule has 0 aliphatic heterocycles. The first-order valence-corrected chi connectivity index (χ1v) is 5.94. The number of anilines is 1. The fraction of sp³-hybridized carbons (Fsp3) is 0.231. The minimum atomic E-state index is 0.189. The summed E-state index contributed by atoms with van der Waals surface area (Å²) in [7, 11) is 0. The van der Waals surface area contributed by atoms with Crippen LogP contribution < -0.4 is 5.32 Å². The van der Waals surface area contributed by atoms with E-state index in [1.165, 1.54) is 0 Å². The van der Waals surface area contributed by atoms with Gasteiger partial charge < -0.3 is 10.3 Å². The highest BCUT2D eigenvalue weighted by atomic mass is 15.1. The maximum absolute atomic E-state index is 4.38. The van der Waals surface area contributed by atoms with Crippen LogP contribution >= 0.6 is 0 Å². The van der Waals surface area contributed by atoms with Gasteiger partial charge >= 0.3 is 0 Å². The molecule has 0 fully saturated rings. The minimum absolute atomic E-state index is 0.189. The number of imidazole rings is 1. The van der Waals surface area contributed by atoms with E-state index in [9.17, 15) is 0 Å². The molecule has 3 N–H and O–H groups in total. The highest BCUT2D eigenvalue weighted by Crippen LogP contribution is 2.21. The molecule has 2 heterocycles. The summed E-state index contributed by atoms with van der Waals surface area (Å²) in [6.45, 7) is 4.05. The summed E-state index contributed by atoms with van der Waals surface area (Å²) in [5.74, 6) is 0.934. The van der Waals surface area contributed by atoms with Gasteiger partial charge in [-0.15, -0.1) is 0 Å². The Morgan fingerprint density at radius 1 is 1.28 bits per heavy atom. The first-order valence-electron chi connectivity index (χ1n) is 5.94. The van der Waals surface area contributed by atoms with Gasteiger partial charge in [-0.1, -0.05) is 0 Å². The molecule has 1 aromatic carbocycles. The molecule has 0 spiro atoms. The molecule has 0 bridgehead atoms. The number of hydrogen-bond acceptors (Lipinski definition) is 3. The van der Waals surface area contributed by atoms with Gasteiger partial charge in [-0.05, 0) is 38.1 Å². The summed E-state index contributed by atoms with van der Waals surface area (Å²) >= 11 is 0. The Bertz CT molecular complexity index is 653. The molecule has 3 rings (SSSR count). The predicted octanol–water partition coefficient (Wildman–Crippen LogP) is 2.77. The van der Waals surface area contributed by atoms with Crippen LogP contribution in [0.1, 0.15) is 24.5 Å². The lowest BCUT2D eigenvalue weighted by Gasteiger charge is -2.13. The number of aryl methyl sites for hydroxylation is 1. The molecule has 1 unspecified atom stereocenters. The average Bonchev–Trinajstić information content (AvgIpc) is 2.95. The second-order valence-corrected chi connectivity index (χ2v) is 4.43. The summed E-state index contributed by atoms with van der Waals surface area (Å²) in [5.41, 5.74) is 4.17. The van der Waals surface area contributed by atoms with Gasteiger partial charge in [-0.3, -0.25) is 5.10 Å². The third kappa shape index (κ3) is 1.95. The predicted molar refractivity (Wildman–Crippen MR) is 71.5 cm³/mol. The van der Waals surface area contributed by atoms with Gasteiger partial charge in [0, 0.05) is 11.9 Å². The van der Waals surface area contributed by atoms with Crippen molar-refractivity contribution in [1.82, 2.24) is 20.2 Å². The molecule has 0 radical (unpaired) electrons. The lowest BCUT2D eigenvalue weighted by atomic mass is 10.2. The van der Waals surface area contributed by atoms with Crippen LogP contribution in [-0.2, 0) is 0 Å². The lowest BCUT2D eigenvalue weighted by molar-refractivity contribution is 0.826. The van der Waals surface area contributed by atoms with Crippen molar-refractivity contribution in [2.24, 2.45) is 0 Å².